The van der Waals surface area contributed by atoms with Crippen molar-refractivity contribution in [2.24, 2.45) is 0 Å². The molecule has 0 heterocycles. The molecule has 1 unspecified atom stereocenters. The van der Waals surface area contributed by atoms with Crippen molar-refractivity contribution in [3.8, 4) is 11.5 Å². The summed E-state index contributed by atoms with van der Waals surface area (Å²) in [6, 6.07) is 5.47. The number of aliphatic hydroxyl groups excluding tert-OH is 1. The Balaban J connectivity index is 2.77. The predicted octanol–water partition coefficient (Wildman–Crippen LogP) is 2.38. The lowest BCUT2D eigenvalue weighted by molar-refractivity contribution is 0.0900. The Bertz CT molecular complexity index is 352. The van der Waals surface area contributed by atoms with Crippen molar-refractivity contribution in [2.45, 2.75) is 33.0 Å². The van der Waals surface area contributed by atoms with Crippen molar-refractivity contribution in [2.75, 3.05) is 20.3 Å². The standard InChI is InChI=1S/C14H22O4/c1-4-7-17-13-6-5-12(9-15)14(8-13)18-11(2)10-16-3/h5-6,8,11,15H,4,7,9-10H2,1-3H3. The van der Waals surface area contributed by atoms with E-state index in [1.807, 2.05) is 25.1 Å². The maximum absolute atomic E-state index is 9.28. The molecule has 1 N–H and O–H groups in total. The fourth-order valence-corrected chi connectivity index (χ4v) is 1.57. The second kappa shape index (κ2) is 7.95. The molecule has 4 heteroatoms. The second-order valence-corrected chi connectivity index (χ2v) is 4.16. The molecule has 18 heavy (non-hydrogen) atoms. The summed E-state index contributed by atoms with van der Waals surface area (Å²) in [6.45, 7) is 5.10. The third-order valence-corrected chi connectivity index (χ3v) is 2.41. The number of methoxy groups -OCH3 is 1. The summed E-state index contributed by atoms with van der Waals surface area (Å²) >= 11 is 0. The van der Waals surface area contributed by atoms with E-state index >= 15 is 0 Å². The molecule has 1 aromatic carbocycles. The molecule has 0 aliphatic carbocycles. The molecule has 0 radical (unpaired) electrons. The van der Waals surface area contributed by atoms with Crippen LogP contribution in [0.15, 0.2) is 18.2 Å². The molecular weight excluding hydrogens is 232 g/mol. The van der Waals surface area contributed by atoms with Gasteiger partial charge in [0.05, 0.1) is 19.8 Å². The highest BCUT2D eigenvalue weighted by atomic mass is 16.5. The second-order valence-electron chi connectivity index (χ2n) is 4.16. The maximum atomic E-state index is 9.28. The molecular formula is C14H22O4. The van der Waals surface area contributed by atoms with E-state index in [0.29, 0.717) is 19.0 Å². The Morgan fingerprint density at radius 3 is 2.72 bits per heavy atom. The first-order valence-electron chi connectivity index (χ1n) is 6.23. The minimum atomic E-state index is -0.0678. The zero-order chi connectivity index (χ0) is 13.4. The predicted molar refractivity (Wildman–Crippen MR) is 70.1 cm³/mol. The van der Waals surface area contributed by atoms with Crippen LogP contribution in [0.3, 0.4) is 0 Å². The third-order valence-electron chi connectivity index (χ3n) is 2.41. The van der Waals surface area contributed by atoms with E-state index in [-0.39, 0.29) is 12.7 Å². The average molecular weight is 254 g/mol. The molecule has 0 amide bonds. The van der Waals surface area contributed by atoms with Crippen molar-refractivity contribution in [1.29, 1.82) is 0 Å². The monoisotopic (exact) mass is 254 g/mol. The lowest BCUT2D eigenvalue weighted by Crippen LogP contribution is -2.18. The van der Waals surface area contributed by atoms with Gasteiger partial charge in [-0.1, -0.05) is 6.92 Å². The molecule has 0 fully saturated rings. The van der Waals surface area contributed by atoms with Crippen molar-refractivity contribution >= 4 is 0 Å². The SMILES string of the molecule is CCCOc1ccc(CO)c(OC(C)COC)c1. The molecule has 1 atom stereocenters. The van der Waals surface area contributed by atoms with Gasteiger partial charge in [0.25, 0.3) is 0 Å². The molecule has 1 aromatic rings. The van der Waals surface area contributed by atoms with Gasteiger partial charge in [0, 0.05) is 18.7 Å². The lowest BCUT2D eigenvalue weighted by atomic mass is 10.2. The highest BCUT2D eigenvalue weighted by molar-refractivity contribution is 5.40. The Kier molecular flexibility index (Phi) is 6.54. The minimum Gasteiger partial charge on any atom is -0.493 e. The van der Waals surface area contributed by atoms with Crippen LogP contribution in [-0.2, 0) is 11.3 Å². The van der Waals surface area contributed by atoms with Gasteiger partial charge in [-0.25, -0.2) is 0 Å². The van der Waals surface area contributed by atoms with Crippen LogP contribution in [-0.4, -0.2) is 31.5 Å². The topological polar surface area (TPSA) is 47.9 Å². The summed E-state index contributed by atoms with van der Waals surface area (Å²) < 4.78 is 16.3. The Morgan fingerprint density at radius 2 is 2.11 bits per heavy atom. The van der Waals surface area contributed by atoms with Crippen LogP contribution < -0.4 is 9.47 Å². The first kappa shape index (κ1) is 14.8. The minimum absolute atomic E-state index is 0.0525. The summed E-state index contributed by atoms with van der Waals surface area (Å²) in [7, 11) is 1.63. The van der Waals surface area contributed by atoms with Gasteiger partial charge in [0.15, 0.2) is 0 Å². The number of rotatable bonds is 8. The summed E-state index contributed by atoms with van der Waals surface area (Å²) in [5, 5.41) is 9.28. The average Bonchev–Trinajstić information content (AvgIpc) is 2.37. The smallest absolute Gasteiger partial charge is 0.129 e. The van der Waals surface area contributed by atoms with Crippen molar-refractivity contribution in [3.05, 3.63) is 23.8 Å². The van der Waals surface area contributed by atoms with Crippen LogP contribution in [0.1, 0.15) is 25.8 Å². The van der Waals surface area contributed by atoms with Crippen molar-refractivity contribution in [3.63, 3.8) is 0 Å². The van der Waals surface area contributed by atoms with Gasteiger partial charge in [-0.05, 0) is 25.5 Å². The summed E-state index contributed by atoms with van der Waals surface area (Å²) in [4.78, 5) is 0. The highest BCUT2D eigenvalue weighted by Crippen LogP contribution is 2.26. The fourth-order valence-electron chi connectivity index (χ4n) is 1.57. The first-order chi connectivity index (χ1) is 8.71. The van der Waals surface area contributed by atoms with Gasteiger partial charge in [-0.3, -0.25) is 0 Å². The Morgan fingerprint density at radius 1 is 1.33 bits per heavy atom. The number of aliphatic hydroxyl groups is 1. The van der Waals surface area contributed by atoms with E-state index in [0.717, 1.165) is 17.7 Å². The lowest BCUT2D eigenvalue weighted by Gasteiger charge is -2.17. The van der Waals surface area contributed by atoms with E-state index in [4.69, 9.17) is 14.2 Å². The quantitative estimate of drug-likeness (QED) is 0.773. The molecule has 4 nitrogen and oxygen atoms in total. The zero-order valence-corrected chi connectivity index (χ0v) is 11.3. The molecule has 1 rings (SSSR count). The summed E-state index contributed by atoms with van der Waals surface area (Å²) in [5.74, 6) is 1.41. The molecule has 102 valence electrons. The van der Waals surface area contributed by atoms with Gasteiger partial charge < -0.3 is 19.3 Å². The number of hydrogen-bond donors (Lipinski definition) is 1. The van der Waals surface area contributed by atoms with Crippen LogP contribution in [0.2, 0.25) is 0 Å². The molecule has 0 aliphatic rings. The van der Waals surface area contributed by atoms with Crippen LogP contribution in [0.25, 0.3) is 0 Å². The molecule has 0 spiro atoms. The highest BCUT2D eigenvalue weighted by Gasteiger charge is 2.09. The molecule has 0 saturated carbocycles. The van der Waals surface area contributed by atoms with Crippen LogP contribution in [0.4, 0.5) is 0 Å². The molecule has 0 aliphatic heterocycles. The van der Waals surface area contributed by atoms with Gasteiger partial charge >= 0.3 is 0 Å². The number of hydrogen-bond acceptors (Lipinski definition) is 4. The van der Waals surface area contributed by atoms with Gasteiger partial charge in [0.2, 0.25) is 0 Å². The van der Waals surface area contributed by atoms with E-state index < -0.39 is 0 Å². The largest absolute Gasteiger partial charge is 0.493 e. The van der Waals surface area contributed by atoms with Gasteiger partial charge in [0.1, 0.15) is 17.6 Å². The van der Waals surface area contributed by atoms with Crippen LogP contribution in [0, 0.1) is 0 Å². The molecule has 0 saturated heterocycles. The van der Waals surface area contributed by atoms with Gasteiger partial charge in [-0.15, -0.1) is 0 Å². The van der Waals surface area contributed by atoms with E-state index in [1.165, 1.54) is 0 Å². The van der Waals surface area contributed by atoms with E-state index in [1.54, 1.807) is 7.11 Å². The first-order valence-corrected chi connectivity index (χ1v) is 6.23. The van der Waals surface area contributed by atoms with Crippen molar-refractivity contribution in [1.82, 2.24) is 0 Å². The number of benzene rings is 1. The molecule has 0 aromatic heterocycles. The fraction of sp³-hybridized carbons (Fsp3) is 0.571. The van der Waals surface area contributed by atoms with Crippen LogP contribution in [0.5, 0.6) is 11.5 Å². The molecule has 0 bridgehead atoms. The van der Waals surface area contributed by atoms with E-state index in [2.05, 4.69) is 6.92 Å². The Labute approximate surface area is 108 Å². The van der Waals surface area contributed by atoms with Gasteiger partial charge in [-0.2, -0.15) is 0 Å². The number of ether oxygens (including phenoxy) is 3. The van der Waals surface area contributed by atoms with Crippen molar-refractivity contribution < 1.29 is 19.3 Å². The van der Waals surface area contributed by atoms with E-state index in [9.17, 15) is 5.11 Å². The maximum Gasteiger partial charge on any atom is 0.129 e. The summed E-state index contributed by atoms with van der Waals surface area (Å²) in [6.07, 6.45) is 0.889. The summed E-state index contributed by atoms with van der Waals surface area (Å²) in [5.41, 5.74) is 0.752. The van der Waals surface area contributed by atoms with Crippen LogP contribution >= 0.6 is 0 Å². The Hall–Kier alpha value is -1.26. The zero-order valence-electron chi connectivity index (χ0n) is 11.3. The third kappa shape index (κ3) is 4.55. The normalized spacial score (nSPS) is 12.2.